The molecule has 0 atom stereocenters. The summed E-state index contributed by atoms with van der Waals surface area (Å²) in [5.74, 6) is 0.686. The second-order valence-corrected chi connectivity index (χ2v) is 7.84. The molecule has 0 aliphatic carbocycles. The zero-order valence-corrected chi connectivity index (χ0v) is 20.2. The molecule has 3 N–H and O–H groups in total. The molecular formula is C18H25BrIN5OS. The van der Waals surface area contributed by atoms with E-state index in [1.54, 1.807) is 11.3 Å². The van der Waals surface area contributed by atoms with Crippen LogP contribution in [0.25, 0.3) is 0 Å². The third-order valence-corrected chi connectivity index (χ3v) is 4.88. The van der Waals surface area contributed by atoms with Gasteiger partial charge < -0.3 is 16.0 Å². The summed E-state index contributed by atoms with van der Waals surface area (Å²) in [6.45, 7) is 6.02. The lowest BCUT2D eigenvalue weighted by molar-refractivity contribution is -0.116. The Hall–Kier alpha value is -1.20. The molecular weight excluding hydrogens is 541 g/mol. The van der Waals surface area contributed by atoms with Gasteiger partial charge in [-0.15, -0.1) is 35.3 Å². The minimum absolute atomic E-state index is 0. The highest BCUT2D eigenvalue weighted by molar-refractivity contribution is 14.0. The van der Waals surface area contributed by atoms with Crippen molar-refractivity contribution in [1.29, 1.82) is 0 Å². The minimum atomic E-state index is -0.0334. The Kier molecular flexibility index (Phi) is 11.5. The van der Waals surface area contributed by atoms with Crippen LogP contribution < -0.4 is 16.0 Å². The van der Waals surface area contributed by atoms with Crippen LogP contribution in [0.4, 0.5) is 5.69 Å². The van der Waals surface area contributed by atoms with Gasteiger partial charge in [0, 0.05) is 53.7 Å². The van der Waals surface area contributed by atoms with Crippen LogP contribution in [-0.2, 0) is 11.2 Å². The normalized spacial score (nSPS) is 10.9. The average molecular weight is 566 g/mol. The Morgan fingerprint density at radius 3 is 2.63 bits per heavy atom. The number of aliphatic imine (C=N–C) groups is 1. The average Bonchev–Trinajstić information content (AvgIpc) is 3.02. The predicted octanol–water partition coefficient (Wildman–Crippen LogP) is 3.96. The SMILES string of the molecule is CCNC(=NCCc1ncc(C)s1)NCCC(=O)Nc1ccc(Br)cc1.I. The van der Waals surface area contributed by atoms with Crippen LogP contribution in [0.1, 0.15) is 23.2 Å². The Bertz CT molecular complexity index is 736. The van der Waals surface area contributed by atoms with Crippen molar-refractivity contribution in [3.8, 4) is 0 Å². The second-order valence-electron chi connectivity index (χ2n) is 5.61. The van der Waals surface area contributed by atoms with Gasteiger partial charge in [-0.1, -0.05) is 15.9 Å². The van der Waals surface area contributed by atoms with E-state index in [1.807, 2.05) is 37.4 Å². The van der Waals surface area contributed by atoms with Gasteiger partial charge in [0.1, 0.15) is 0 Å². The molecule has 9 heteroatoms. The first-order valence-electron chi connectivity index (χ1n) is 8.55. The van der Waals surface area contributed by atoms with Gasteiger partial charge in [0.2, 0.25) is 5.91 Å². The van der Waals surface area contributed by atoms with Gasteiger partial charge in [0.05, 0.1) is 5.01 Å². The number of nitrogens with one attached hydrogen (secondary N) is 3. The number of thiazole rings is 1. The Morgan fingerprint density at radius 1 is 1.26 bits per heavy atom. The summed E-state index contributed by atoms with van der Waals surface area (Å²) >= 11 is 5.07. The fraction of sp³-hybridized carbons (Fsp3) is 0.389. The van der Waals surface area contributed by atoms with E-state index in [9.17, 15) is 4.79 Å². The van der Waals surface area contributed by atoms with Crippen molar-refractivity contribution in [3.63, 3.8) is 0 Å². The quantitative estimate of drug-likeness (QED) is 0.257. The molecule has 27 heavy (non-hydrogen) atoms. The number of carbonyl (C=O) groups excluding carboxylic acids is 1. The highest BCUT2D eigenvalue weighted by atomic mass is 127. The van der Waals surface area contributed by atoms with Gasteiger partial charge in [-0.2, -0.15) is 0 Å². The number of carbonyl (C=O) groups is 1. The standard InChI is InChI=1S/C18H24BrN5OS.HI/c1-3-20-18(22-11-9-17-23-12-13(2)26-17)21-10-8-16(25)24-15-6-4-14(19)5-7-15;/h4-7,12H,3,8-11H2,1-2H3,(H,24,25)(H2,20,21,22);1H. The van der Waals surface area contributed by atoms with Crippen LogP contribution in [0.3, 0.4) is 0 Å². The number of nitrogens with zero attached hydrogens (tertiary/aromatic N) is 2. The maximum atomic E-state index is 12.0. The molecule has 148 valence electrons. The highest BCUT2D eigenvalue weighted by Crippen LogP contribution is 2.14. The summed E-state index contributed by atoms with van der Waals surface area (Å²) in [4.78, 5) is 22.1. The summed E-state index contributed by atoms with van der Waals surface area (Å²) in [5, 5.41) is 10.3. The van der Waals surface area contributed by atoms with Crippen molar-refractivity contribution in [1.82, 2.24) is 15.6 Å². The number of rotatable bonds is 8. The lowest BCUT2D eigenvalue weighted by Crippen LogP contribution is -2.38. The number of anilines is 1. The molecule has 0 bridgehead atoms. The topological polar surface area (TPSA) is 78.4 Å². The zero-order chi connectivity index (χ0) is 18.8. The maximum absolute atomic E-state index is 12.0. The molecule has 1 amide bonds. The van der Waals surface area contributed by atoms with Gasteiger partial charge >= 0.3 is 0 Å². The van der Waals surface area contributed by atoms with Gasteiger partial charge in [-0.3, -0.25) is 9.79 Å². The van der Waals surface area contributed by atoms with E-state index >= 15 is 0 Å². The lowest BCUT2D eigenvalue weighted by atomic mass is 10.3. The van der Waals surface area contributed by atoms with Gasteiger partial charge in [-0.05, 0) is 38.1 Å². The summed E-state index contributed by atoms with van der Waals surface area (Å²) in [7, 11) is 0. The zero-order valence-electron chi connectivity index (χ0n) is 15.4. The first-order chi connectivity index (χ1) is 12.6. The molecule has 6 nitrogen and oxygen atoms in total. The van der Waals surface area contributed by atoms with Crippen LogP contribution in [0.2, 0.25) is 0 Å². The minimum Gasteiger partial charge on any atom is -0.357 e. The van der Waals surface area contributed by atoms with E-state index in [2.05, 4.69) is 48.8 Å². The summed E-state index contributed by atoms with van der Waals surface area (Å²) in [6.07, 6.45) is 3.07. The summed E-state index contributed by atoms with van der Waals surface area (Å²) in [5.41, 5.74) is 0.789. The molecule has 0 radical (unpaired) electrons. The van der Waals surface area contributed by atoms with Crippen LogP contribution >= 0.6 is 51.2 Å². The molecule has 1 heterocycles. The number of hydrogen-bond donors (Lipinski definition) is 3. The van der Waals surface area contributed by atoms with E-state index in [4.69, 9.17) is 0 Å². The Labute approximate surface area is 189 Å². The fourth-order valence-electron chi connectivity index (χ4n) is 2.17. The van der Waals surface area contributed by atoms with Crippen molar-refractivity contribution < 1.29 is 4.79 Å². The van der Waals surface area contributed by atoms with Crippen LogP contribution in [0.15, 0.2) is 39.9 Å². The van der Waals surface area contributed by atoms with E-state index in [0.29, 0.717) is 19.5 Å². The molecule has 1 aromatic carbocycles. The molecule has 0 unspecified atom stereocenters. The monoisotopic (exact) mass is 565 g/mol. The van der Waals surface area contributed by atoms with Crippen molar-refractivity contribution in [2.75, 3.05) is 25.0 Å². The van der Waals surface area contributed by atoms with E-state index in [-0.39, 0.29) is 29.9 Å². The summed E-state index contributed by atoms with van der Waals surface area (Å²) in [6, 6.07) is 7.52. The van der Waals surface area contributed by atoms with E-state index in [0.717, 1.165) is 34.1 Å². The van der Waals surface area contributed by atoms with Crippen LogP contribution in [0.5, 0.6) is 0 Å². The Morgan fingerprint density at radius 2 is 2.00 bits per heavy atom. The highest BCUT2D eigenvalue weighted by Gasteiger charge is 2.04. The second kappa shape index (κ2) is 13.1. The van der Waals surface area contributed by atoms with Gasteiger partial charge in [0.25, 0.3) is 0 Å². The maximum Gasteiger partial charge on any atom is 0.226 e. The molecule has 0 fully saturated rings. The first-order valence-corrected chi connectivity index (χ1v) is 10.2. The summed E-state index contributed by atoms with van der Waals surface area (Å²) < 4.78 is 0.983. The third-order valence-electron chi connectivity index (χ3n) is 3.38. The number of hydrogen-bond acceptors (Lipinski definition) is 4. The first kappa shape index (κ1) is 23.8. The molecule has 1 aromatic heterocycles. The number of guanidine groups is 1. The van der Waals surface area contributed by atoms with Crippen LogP contribution in [0, 0.1) is 6.92 Å². The number of halogens is 2. The van der Waals surface area contributed by atoms with Crippen molar-refractivity contribution in [2.45, 2.75) is 26.7 Å². The van der Waals surface area contributed by atoms with Crippen molar-refractivity contribution in [2.24, 2.45) is 4.99 Å². The van der Waals surface area contributed by atoms with E-state index < -0.39 is 0 Å². The number of benzene rings is 1. The molecule has 0 aliphatic rings. The molecule has 2 rings (SSSR count). The third kappa shape index (κ3) is 9.52. The predicted molar refractivity (Wildman–Crippen MR) is 127 cm³/mol. The number of amides is 1. The fourth-order valence-corrected chi connectivity index (χ4v) is 3.21. The van der Waals surface area contributed by atoms with E-state index in [1.165, 1.54) is 4.88 Å². The lowest BCUT2D eigenvalue weighted by Gasteiger charge is -2.11. The number of aromatic nitrogens is 1. The molecule has 0 aliphatic heterocycles. The molecule has 0 saturated heterocycles. The van der Waals surface area contributed by atoms with Gasteiger partial charge in [0.15, 0.2) is 5.96 Å². The van der Waals surface area contributed by atoms with Crippen molar-refractivity contribution >= 4 is 68.8 Å². The van der Waals surface area contributed by atoms with Gasteiger partial charge in [-0.25, -0.2) is 4.98 Å². The van der Waals surface area contributed by atoms with Crippen LogP contribution in [-0.4, -0.2) is 36.5 Å². The smallest absolute Gasteiger partial charge is 0.226 e. The Balaban J connectivity index is 0.00000364. The molecule has 0 saturated carbocycles. The van der Waals surface area contributed by atoms with Crippen molar-refractivity contribution in [3.05, 3.63) is 44.8 Å². The molecule has 0 spiro atoms. The largest absolute Gasteiger partial charge is 0.357 e. The molecule has 2 aromatic rings. The number of aryl methyl sites for hydroxylation is 1.